The van der Waals surface area contributed by atoms with Crippen LogP contribution in [0.25, 0.3) is 124 Å². The van der Waals surface area contributed by atoms with E-state index in [0.29, 0.717) is 0 Å². The molecule has 0 amide bonds. The zero-order valence-corrected chi connectivity index (χ0v) is 30.9. The molecule has 3 heteroatoms. The fourth-order valence-electron chi connectivity index (χ4n) is 9.51. The van der Waals surface area contributed by atoms with Crippen LogP contribution < -0.4 is 0 Å². The van der Waals surface area contributed by atoms with Gasteiger partial charge in [0.15, 0.2) is 5.65 Å². The third-order valence-corrected chi connectivity index (χ3v) is 13.4. The molecule has 0 saturated heterocycles. The molecular formula is C53H30N2S. The molecule has 0 atom stereocenters. The normalized spacial score (nSPS) is 12.3. The van der Waals surface area contributed by atoms with Crippen LogP contribution in [0, 0.1) is 0 Å². The first kappa shape index (κ1) is 30.3. The predicted molar refractivity (Wildman–Crippen MR) is 241 cm³/mol. The Morgan fingerprint density at radius 2 is 0.857 bits per heavy atom. The van der Waals surface area contributed by atoms with Gasteiger partial charge in [-0.2, -0.15) is 0 Å². The third-order valence-electron chi connectivity index (χ3n) is 12.1. The van der Waals surface area contributed by atoms with Gasteiger partial charge in [-0.3, -0.25) is 4.40 Å². The van der Waals surface area contributed by atoms with E-state index < -0.39 is 0 Å². The molecule has 0 spiro atoms. The van der Waals surface area contributed by atoms with Crippen LogP contribution in [0.2, 0.25) is 0 Å². The Morgan fingerprint density at radius 1 is 0.339 bits per heavy atom. The van der Waals surface area contributed by atoms with Crippen molar-refractivity contribution in [1.82, 2.24) is 9.38 Å². The molecule has 0 bridgehead atoms. The van der Waals surface area contributed by atoms with E-state index in [-0.39, 0.29) is 0 Å². The van der Waals surface area contributed by atoms with Crippen LogP contribution in [0.15, 0.2) is 182 Å². The number of thiophene rings is 1. The lowest BCUT2D eigenvalue weighted by Crippen LogP contribution is -1.93. The van der Waals surface area contributed by atoms with Crippen LogP contribution in [-0.2, 0) is 0 Å². The molecule has 0 unspecified atom stereocenters. The molecule has 0 saturated carbocycles. The highest BCUT2D eigenvalue weighted by atomic mass is 32.1. The first-order valence-corrected chi connectivity index (χ1v) is 20.0. The van der Waals surface area contributed by atoms with Crippen molar-refractivity contribution in [2.75, 3.05) is 0 Å². The minimum atomic E-state index is 1.01. The molecule has 3 aromatic heterocycles. The average Bonchev–Trinajstić information content (AvgIpc) is 3.86. The maximum Gasteiger partial charge on any atom is 0.156 e. The van der Waals surface area contributed by atoms with Crippen LogP contribution >= 0.6 is 11.3 Å². The highest BCUT2D eigenvalue weighted by Gasteiger charge is 2.20. The first-order valence-electron chi connectivity index (χ1n) is 19.2. The maximum absolute atomic E-state index is 5.55. The number of imidazole rings is 1. The Hall–Kier alpha value is -7.07. The van der Waals surface area contributed by atoms with Crippen LogP contribution in [0.3, 0.4) is 0 Å². The number of aromatic nitrogens is 2. The monoisotopic (exact) mass is 726 g/mol. The molecule has 0 aliphatic heterocycles. The molecule has 13 aromatic rings. The summed E-state index contributed by atoms with van der Waals surface area (Å²) in [6, 6.07) is 67.1. The van der Waals surface area contributed by atoms with E-state index in [2.05, 4.69) is 186 Å². The largest absolute Gasteiger partial charge is 0.291 e. The lowest BCUT2D eigenvalue weighted by atomic mass is 9.92. The Balaban J connectivity index is 1.06. The molecule has 258 valence electrons. The Morgan fingerprint density at radius 3 is 1.59 bits per heavy atom. The van der Waals surface area contributed by atoms with E-state index >= 15 is 0 Å². The summed E-state index contributed by atoms with van der Waals surface area (Å²) in [5.41, 5.74) is 7.90. The van der Waals surface area contributed by atoms with Crippen molar-refractivity contribution in [1.29, 1.82) is 0 Å². The minimum Gasteiger partial charge on any atom is -0.291 e. The summed E-state index contributed by atoms with van der Waals surface area (Å²) in [5.74, 6) is 0. The van der Waals surface area contributed by atoms with E-state index in [1.54, 1.807) is 0 Å². The van der Waals surface area contributed by atoms with Gasteiger partial charge in [0.05, 0.1) is 21.4 Å². The molecule has 3 heterocycles. The van der Waals surface area contributed by atoms with Crippen molar-refractivity contribution in [3.63, 3.8) is 0 Å². The van der Waals surface area contributed by atoms with Crippen molar-refractivity contribution >= 4 is 113 Å². The average molecular weight is 727 g/mol. The molecule has 0 radical (unpaired) electrons. The predicted octanol–water partition coefficient (Wildman–Crippen LogP) is 15.1. The summed E-state index contributed by atoms with van der Waals surface area (Å²) >= 11 is 1.87. The van der Waals surface area contributed by atoms with Gasteiger partial charge in [-0.25, -0.2) is 4.98 Å². The number of benzene rings is 10. The van der Waals surface area contributed by atoms with Crippen molar-refractivity contribution in [2.24, 2.45) is 0 Å². The molecule has 10 aromatic carbocycles. The Labute approximate surface area is 325 Å². The molecule has 2 nitrogen and oxygen atoms in total. The minimum absolute atomic E-state index is 1.01. The number of pyridine rings is 1. The second-order valence-corrected chi connectivity index (χ2v) is 16.1. The standard InChI is InChI=1S/C53H30N2S/c1-3-11-36-32(9-1)21-25-44-42(36)27-28-48-50(44)54-53-52-47(45-26-22-33-10-2-4-12-37(33)51(45)56-52)30-49(55(48)53)34-19-17-31(18-20-34)35-23-24-43-40-15-6-5-13-38(40)39-14-7-8-16-41(39)46(43)29-35/h1-30H. The van der Waals surface area contributed by atoms with Gasteiger partial charge in [0.25, 0.3) is 0 Å². The molecule has 0 aliphatic rings. The summed E-state index contributed by atoms with van der Waals surface area (Å²) < 4.78 is 4.94. The number of hydrogen-bond donors (Lipinski definition) is 0. The smallest absolute Gasteiger partial charge is 0.156 e. The highest BCUT2D eigenvalue weighted by Crippen LogP contribution is 2.44. The van der Waals surface area contributed by atoms with E-state index in [1.807, 2.05) is 11.3 Å². The van der Waals surface area contributed by atoms with Gasteiger partial charge in [0.1, 0.15) is 0 Å². The lowest BCUT2D eigenvalue weighted by Gasteiger charge is -2.13. The molecule has 0 aliphatic carbocycles. The number of rotatable bonds is 2. The lowest BCUT2D eigenvalue weighted by molar-refractivity contribution is 1.25. The van der Waals surface area contributed by atoms with Crippen LogP contribution in [0.5, 0.6) is 0 Å². The second kappa shape index (κ2) is 11.2. The van der Waals surface area contributed by atoms with Crippen LogP contribution in [0.4, 0.5) is 0 Å². The molecule has 13 rings (SSSR count). The topological polar surface area (TPSA) is 17.3 Å². The van der Waals surface area contributed by atoms with Crippen molar-refractivity contribution in [3.05, 3.63) is 182 Å². The van der Waals surface area contributed by atoms with E-state index in [0.717, 1.165) is 27.9 Å². The SMILES string of the molecule is c1ccc2c(c1)ccc1c2ccc2c1nc1c3sc4c5ccccc5ccc4c3cc(-c3ccc(-c4ccc5c6ccccc6c6ccccc6c5c4)cc3)n21. The maximum atomic E-state index is 5.55. The molecular weight excluding hydrogens is 697 g/mol. The fraction of sp³-hybridized carbons (Fsp3) is 0. The van der Waals surface area contributed by atoms with Gasteiger partial charge >= 0.3 is 0 Å². The van der Waals surface area contributed by atoms with Crippen molar-refractivity contribution in [2.45, 2.75) is 0 Å². The van der Waals surface area contributed by atoms with Gasteiger partial charge in [0, 0.05) is 20.9 Å². The summed E-state index contributed by atoms with van der Waals surface area (Å²) in [5, 5.41) is 17.8. The van der Waals surface area contributed by atoms with Gasteiger partial charge in [-0.15, -0.1) is 11.3 Å². The fourth-order valence-corrected chi connectivity index (χ4v) is 10.8. The quantitative estimate of drug-likeness (QED) is 0.162. The summed E-state index contributed by atoms with van der Waals surface area (Å²) in [6.07, 6.45) is 0. The summed E-state index contributed by atoms with van der Waals surface area (Å²) in [4.78, 5) is 5.55. The highest BCUT2D eigenvalue weighted by molar-refractivity contribution is 7.27. The summed E-state index contributed by atoms with van der Waals surface area (Å²) in [6.45, 7) is 0. The number of hydrogen-bond acceptors (Lipinski definition) is 2. The third kappa shape index (κ3) is 4.12. The van der Waals surface area contributed by atoms with Gasteiger partial charge < -0.3 is 0 Å². The zero-order chi connectivity index (χ0) is 36.5. The second-order valence-electron chi connectivity index (χ2n) is 15.1. The van der Waals surface area contributed by atoms with E-state index in [4.69, 9.17) is 4.98 Å². The molecule has 0 N–H and O–H groups in total. The zero-order valence-electron chi connectivity index (χ0n) is 30.1. The number of fused-ring (bicyclic) bond motifs is 19. The Kier molecular flexibility index (Phi) is 6.07. The van der Waals surface area contributed by atoms with Gasteiger partial charge in [-0.05, 0) is 94.1 Å². The van der Waals surface area contributed by atoms with E-state index in [9.17, 15) is 0 Å². The van der Waals surface area contributed by atoms with Crippen LogP contribution in [0.1, 0.15) is 0 Å². The Bertz CT molecular complexity index is 3780. The van der Waals surface area contributed by atoms with Gasteiger partial charge in [-0.1, -0.05) is 164 Å². The summed E-state index contributed by atoms with van der Waals surface area (Å²) in [7, 11) is 0. The van der Waals surface area contributed by atoms with Gasteiger partial charge in [0.2, 0.25) is 0 Å². The molecule has 0 fully saturated rings. The van der Waals surface area contributed by atoms with E-state index in [1.165, 1.54) is 95.9 Å². The van der Waals surface area contributed by atoms with Crippen molar-refractivity contribution in [3.8, 4) is 22.4 Å². The van der Waals surface area contributed by atoms with Crippen LogP contribution in [-0.4, -0.2) is 9.38 Å². The first-order chi connectivity index (χ1) is 27.8. The number of nitrogens with zero attached hydrogens (tertiary/aromatic N) is 2. The van der Waals surface area contributed by atoms with Crippen molar-refractivity contribution < 1.29 is 0 Å². The molecule has 56 heavy (non-hydrogen) atoms.